The highest BCUT2D eigenvalue weighted by Gasteiger charge is 2.03. The first-order valence-corrected chi connectivity index (χ1v) is 11.8. The van der Waals surface area contributed by atoms with Gasteiger partial charge >= 0.3 is 0 Å². The lowest BCUT2D eigenvalue weighted by atomic mass is 10.0. The first-order valence-electron chi connectivity index (χ1n) is 11.8. The maximum absolute atomic E-state index is 5.52. The van der Waals surface area contributed by atoms with Gasteiger partial charge in [-0.15, -0.1) is 0 Å². The Morgan fingerprint density at radius 2 is 1.55 bits per heavy atom. The molecular weight excluding hydrogens is 388 g/mol. The predicted molar refractivity (Wildman–Crippen MR) is 126 cm³/mol. The van der Waals surface area contributed by atoms with Crippen LogP contribution in [0.2, 0.25) is 0 Å². The Labute approximate surface area is 187 Å². The second-order valence-electron chi connectivity index (χ2n) is 7.67. The number of hydrogen-bond acceptors (Lipinski definition) is 5. The maximum Gasteiger partial charge on any atom is 0.201 e. The van der Waals surface area contributed by atoms with Crippen LogP contribution in [0.15, 0.2) is 48.8 Å². The van der Waals surface area contributed by atoms with E-state index in [1.807, 2.05) is 0 Å². The highest BCUT2D eigenvalue weighted by molar-refractivity contribution is 5.55. The second-order valence-corrected chi connectivity index (χ2v) is 7.67. The minimum Gasteiger partial charge on any atom is -0.381 e. The van der Waals surface area contributed by atoms with Gasteiger partial charge in [0.15, 0.2) is 5.82 Å². The molecule has 0 unspecified atom stereocenters. The molecule has 0 saturated carbocycles. The molecule has 0 amide bonds. The van der Waals surface area contributed by atoms with Crippen LogP contribution in [0, 0.1) is 0 Å². The molecule has 170 valence electrons. The fraction of sp³-hybridized carbons (Fsp3) is 0.538. The first kappa shape index (κ1) is 25.0. The van der Waals surface area contributed by atoms with Gasteiger partial charge in [-0.25, -0.2) is 9.97 Å². The Balaban J connectivity index is 1.66. The summed E-state index contributed by atoms with van der Waals surface area (Å²) in [7, 11) is 0. The zero-order valence-corrected chi connectivity index (χ0v) is 19.2. The van der Waals surface area contributed by atoms with Gasteiger partial charge in [-0.3, -0.25) is 0 Å². The Bertz CT molecular complexity index is 714. The molecule has 0 fully saturated rings. The van der Waals surface area contributed by atoms with Gasteiger partial charge in [-0.05, 0) is 44.1 Å². The lowest BCUT2D eigenvalue weighted by Gasteiger charge is -2.06. The van der Waals surface area contributed by atoms with Crippen LogP contribution >= 0.6 is 0 Å². The van der Waals surface area contributed by atoms with E-state index in [0.717, 1.165) is 50.9 Å². The average molecular weight is 427 g/mol. The number of benzene rings is 1. The molecule has 2 rings (SSSR count). The molecule has 0 atom stereocenters. The van der Waals surface area contributed by atoms with E-state index in [4.69, 9.17) is 14.5 Å². The van der Waals surface area contributed by atoms with E-state index in [2.05, 4.69) is 60.2 Å². The van der Waals surface area contributed by atoms with Gasteiger partial charge in [-0.2, -0.15) is 4.89 Å². The number of rotatable bonds is 17. The number of aryl methyl sites for hydroxylation is 1. The standard InChI is InChI=1S/C26H38N2O3/c1-3-5-6-7-8-12-20-30-31-25-21-27-26(28-22-25)24-16-14-23(15-17-24)13-10-9-11-19-29-18-4-2/h7-8,14-17,21-22H,3-6,9-13,18-20H2,1-2H3/b8-7-. The molecular formula is C26H38N2O3. The lowest BCUT2D eigenvalue weighted by molar-refractivity contribution is -0.205. The lowest BCUT2D eigenvalue weighted by Crippen LogP contribution is -2.00. The van der Waals surface area contributed by atoms with Gasteiger partial charge in [0.1, 0.15) is 0 Å². The summed E-state index contributed by atoms with van der Waals surface area (Å²) in [6.07, 6.45) is 17.7. The molecule has 0 N–H and O–H groups in total. The Kier molecular flexibility index (Phi) is 13.3. The quantitative estimate of drug-likeness (QED) is 0.121. The maximum atomic E-state index is 5.52. The van der Waals surface area contributed by atoms with Crippen molar-refractivity contribution >= 4 is 0 Å². The molecule has 0 bridgehead atoms. The van der Waals surface area contributed by atoms with Crippen LogP contribution < -0.4 is 4.89 Å². The summed E-state index contributed by atoms with van der Waals surface area (Å²) >= 11 is 0. The van der Waals surface area contributed by atoms with Crippen molar-refractivity contribution in [3.8, 4) is 17.1 Å². The summed E-state index contributed by atoms with van der Waals surface area (Å²) in [6.45, 7) is 6.60. The van der Waals surface area contributed by atoms with Gasteiger partial charge in [0.05, 0.1) is 19.0 Å². The summed E-state index contributed by atoms with van der Waals surface area (Å²) < 4.78 is 5.52. The molecule has 0 saturated heterocycles. The molecule has 2 aromatic rings. The van der Waals surface area contributed by atoms with Crippen LogP contribution in [0.5, 0.6) is 5.75 Å². The Morgan fingerprint density at radius 3 is 2.29 bits per heavy atom. The van der Waals surface area contributed by atoms with Gasteiger partial charge in [0, 0.05) is 18.8 Å². The highest BCUT2D eigenvalue weighted by atomic mass is 17.2. The van der Waals surface area contributed by atoms with E-state index in [0.29, 0.717) is 18.2 Å². The van der Waals surface area contributed by atoms with E-state index in [-0.39, 0.29) is 0 Å². The summed E-state index contributed by atoms with van der Waals surface area (Å²) in [4.78, 5) is 19.3. The molecule has 0 spiro atoms. The molecule has 0 aliphatic heterocycles. The highest BCUT2D eigenvalue weighted by Crippen LogP contribution is 2.18. The monoisotopic (exact) mass is 426 g/mol. The SMILES string of the molecule is CCCC/C=C\CCOOc1cnc(-c2ccc(CCCCCOCCC)cc2)nc1. The number of nitrogens with zero attached hydrogens (tertiary/aromatic N) is 2. The molecule has 31 heavy (non-hydrogen) atoms. The van der Waals surface area contributed by atoms with Crippen molar-refractivity contribution in [2.75, 3.05) is 19.8 Å². The van der Waals surface area contributed by atoms with Crippen LogP contribution in [-0.2, 0) is 16.0 Å². The zero-order valence-electron chi connectivity index (χ0n) is 19.2. The number of ether oxygens (including phenoxy) is 1. The summed E-state index contributed by atoms with van der Waals surface area (Å²) in [5.74, 6) is 1.20. The van der Waals surface area contributed by atoms with Gasteiger partial charge in [0.25, 0.3) is 0 Å². The normalized spacial score (nSPS) is 11.3. The number of hydrogen-bond donors (Lipinski definition) is 0. The van der Waals surface area contributed by atoms with Gasteiger partial charge < -0.3 is 9.62 Å². The number of unbranched alkanes of at least 4 members (excludes halogenated alkanes) is 4. The predicted octanol–water partition coefficient (Wildman–Crippen LogP) is 6.73. The van der Waals surface area contributed by atoms with Crippen molar-refractivity contribution in [2.45, 2.75) is 71.6 Å². The molecule has 5 nitrogen and oxygen atoms in total. The van der Waals surface area contributed by atoms with Crippen molar-refractivity contribution in [2.24, 2.45) is 0 Å². The molecule has 0 aliphatic carbocycles. The summed E-state index contributed by atoms with van der Waals surface area (Å²) in [6, 6.07) is 8.48. The summed E-state index contributed by atoms with van der Waals surface area (Å²) in [5, 5.41) is 0. The van der Waals surface area contributed by atoms with Crippen molar-refractivity contribution in [1.82, 2.24) is 9.97 Å². The third-order valence-corrected chi connectivity index (χ3v) is 4.86. The topological polar surface area (TPSA) is 53.5 Å². The molecule has 5 heteroatoms. The molecule has 1 aromatic heterocycles. The second kappa shape index (κ2) is 16.5. The van der Waals surface area contributed by atoms with Crippen molar-refractivity contribution in [1.29, 1.82) is 0 Å². The molecule has 0 radical (unpaired) electrons. The molecule has 0 aliphatic rings. The fourth-order valence-electron chi connectivity index (χ4n) is 3.07. The minimum atomic E-state index is 0.512. The van der Waals surface area contributed by atoms with Crippen molar-refractivity contribution in [3.63, 3.8) is 0 Å². The van der Waals surface area contributed by atoms with E-state index in [9.17, 15) is 0 Å². The van der Waals surface area contributed by atoms with Crippen LogP contribution in [0.3, 0.4) is 0 Å². The average Bonchev–Trinajstić information content (AvgIpc) is 2.81. The van der Waals surface area contributed by atoms with Crippen LogP contribution in [0.1, 0.15) is 70.8 Å². The summed E-state index contributed by atoms with van der Waals surface area (Å²) in [5.41, 5.74) is 2.34. The smallest absolute Gasteiger partial charge is 0.201 e. The zero-order chi connectivity index (χ0) is 22.0. The molecule has 1 heterocycles. The third kappa shape index (κ3) is 11.1. The van der Waals surface area contributed by atoms with E-state index in [1.165, 1.54) is 31.2 Å². The largest absolute Gasteiger partial charge is 0.381 e. The number of aromatic nitrogens is 2. The van der Waals surface area contributed by atoms with Crippen LogP contribution in [0.4, 0.5) is 0 Å². The number of allylic oxidation sites excluding steroid dienone is 1. The van der Waals surface area contributed by atoms with E-state index < -0.39 is 0 Å². The minimum absolute atomic E-state index is 0.512. The van der Waals surface area contributed by atoms with E-state index in [1.54, 1.807) is 12.4 Å². The Hall–Kier alpha value is -2.24. The van der Waals surface area contributed by atoms with E-state index >= 15 is 0 Å². The van der Waals surface area contributed by atoms with Crippen LogP contribution in [-0.4, -0.2) is 29.8 Å². The van der Waals surface area contributed by atoms with Gasteiger partial charge in [0.2, 0.25) is 5.75 Å². The third-order valence-electron chi connectivity index (χ3n) is 4.86. The molecule has 1 aromatic carbocycles. The first-order chi connectivity index (χ1) is 15.3. The fourth-order valence-corrected chi connectivity index (χ4v) is 3.07. The van der Waals surface area contributed by atoms with Crippen molar-refractivity contribution < 1.29 is 14.5 Å². The van der Waals surface area contributed by atoms with Gasteiger partial charge in [-0.1, -0.05) is 69.5 Å². The van der Waals surface area contributed by atoms with Crippen LogP contribution in [0.25, 0.3) is 11.4 Å². The van der Waals surface area contributed by atoms with Crippen molar-refractivity contribution in [3.05, 3.63) is 54.4 Å². The Morgan fingerprint density at radius 1 is 0.774 bits per heavy atom.